The molecule has 94 valence electrons. The summed E-state index contributed by atoms with van der Waals surface area (Å²) in [4.78, 5) is 11.3. The van der Waals surface area contributed by atoms with E-state index in [2.05, 4.69) is 15.5 Å². The quantitative estimate of drug-likeness (QED) is 0.866. The van der Waals surface area contributed by atoms with Crippen LogP contribution in [0.15, 0.2) is 30.3 Å². The van der Waals surface area contributed by atoms with Crippen molar-refractivity contribution in [1.29, 1.82) is 0 Å². The molecule has 0 radical (unpaired) electrons. The Morgan fingerprint density at radius 1 is 1.39 bits per heavy atom. The maximum absolute atomic E-state index is 11.3. The van der Waals surface area contributed by atoms with Crippen molar-refractivity contribution in [2.75, 3.05) is 0 Å². The Hall–Kier alpha value is -1.79. The molecule has 1 atom stereocenters. The molecule has 0 fully saturated rings. The fourth-order valence-electron chi connectivity index (χ4n) is 1.35. The van der Waals surface area contributed by atoms with Crippen LogP contribution in [-0.4, -0.2) is 22.1 Å². The summed E-state index contributed by atoms with van der Waals surface area (Å²) in [6.07, 6.45) is 0. The fraction of sp³-hybridized carbons (Fsp3) is 0.250. The Morgan fingerprint density at radius 2 is 2.11 bits per heavy atom. The third kappa shape index (κ3) is 3.12. The van der Waals surface area contributed by atoms with Gasteiger partial charge in [0.1, 0.15) is 10.0 Å². The third-order valence-electron chi connectivity index (χ3n) is 2.31. The smallest absolute Gasteiger partial charge is 0.236 e. The highest BCUT2D eigenvalue weighted by Crippen LogP contribution is 2.22. The number of nitrogens with one attached hydrogen (secondary N) is 1. The second kappa shape index (κ2) is 5.70. The topological polar surface area (TPSA) is 80.9 Å². The molecule has 0 bridgehead atoms. The van der Waals surface area contributed by atoms with Gasteiger partial charge < -0.3 is 11.1 Å². The molecule has 5 nitrogen and oxygen atoms in total. The number of amides is 1. The highest BCUT2D eigenvalue weighted by Gasteiger charge is 2.09. The van der Waals surface area contributed by atoms with Crippen molar-refractivity contribution >= 4 is 17.2 Å². The number of carbonyl (C=O) groups is 1. The van der Waals surface area contributed by atoms with Crippen LogP contribution in [0.2, 0.25) is 0 Å². The molecule has 1 aromatic heterocycles. The van der Waals surface area contributed by atoms with Gasteiger partial charge in [-0.15, -0.1) is 10.2 Å². The van der Waals surface area contributed by atoms with Crippen molar-refractivity contribution in [2.24, 2.45) is 5.73 Å². The number of rotatable bonds is 4. The van der Waals surface area contributed by atoms with E-state index in [-0.39, 0.29) is 5.91 Å². The molecular weight excluding hydrogens is 248 g/mol. The number of hydrogen-bond acceptors (Lipinski definition) is 5. The van der Waals surface area contributed by atoms with E-state index in [0.29, 0.717) is 6.54 Å². The first-order chi connectivity index (χ1) is 8.66. The summed E-state index contributed by atoms with van der Waals surface area (Å²) in [5, 5.41) is 12.5. The van der Waals surface area contributed by atoms with Gasteiger partial charge in [0.15, 0.2) is 0 Å². The molecule has 0 saturated heterocycles. The molecule has 2 rings (SSSR count). The molecule has 0 unspecified atom stereocenters. The van der Waals surface area contributed by atoms with E-state index in [1.165, 1.54) is 11.3 Å². The van der Waals surface area contributed by atoms with Gasteiger partial charge in [0.25, 0.3) is 0 Å². The SMILES string of the molecule is C[C@@H](N)C(=O)NCc1nnc(-c2ccccc2)s1. The zero-order chi connectivity index (χ0) is 13.0. The monoisotopic (exact) mass is 262 g/mol. The zero-order valence-electron chi connectivity index (χ0n) is 9.96. The van der Waals surface area contributed by atoms with Gasteiger partial charge in [-0.05, 0) is 6.92 Å². The number of benzene rings is 1. The molecule has 1 aromatic carbocycles. The molecule has 0 aliphatic heterocycles. The minimum absolute atomic E-state index is 0.188. The van der Waals surface area contributed by atoms with Gasteiger partial charge in [-0.2, -0.15) is 0 Å². The van der Waals surface area contributed by atoms with Crippen LogP contribution in [0, 0.1) is 0 Å². The molecule has 1 amide bonds. The van der Waals surface area contributed by atoms with E-state index in [4.69, 9.17) is 5.73 Å². The third-order valence-corrected chi connectivity index (χ3v) is 3.29. The summed E-state index contributed by atoms with van der Waals surface area (Å²) < 4.78 is 0. The lowest BCUT2D eigenvalue weighted by molar-refractivity contribution is -0.122. The molecule has 2 aromatic rings. The molecule has 0 saturated carbocycles. The van der Waals surface area contributed by atoms with E-state index in [0.717, 1.165) is 15.6 Å². The average Bonchev–Trinajstić information content (AvgIpc) is 2.85. The van der Waals surface area contributed by atoms with Crippen LogP contribution in [0.1, 0.15) is 11.9 Å². The number of hydrogen-bond donors (Lipinski definition) is 2. The molecule has 0 spiro atoms. The molecule has 0 aliphatic carbocycles. The van der Waals surface area contributed by atoms with Gasteiger partial charge in [-0.3, -0.25) is 4.79 Å². The largest absolute Gasteiger partial charge is 0.348 e. The van der Waals surface area contributed by atoms with Crippen molar-refractivity contribution in [1.82, 2.24) is 15.5 Å². The Labute approximate surface area is 109 Å². The van der Waals surface area contributed by atoms with Crippen LogP contribution >= 0.6 is 11.3 Å². The van der Waals surface area contributed by atoms with Crippen molar-refractivity contribution in [2.45, 2.75) is 19.5 Å². The molecular formula is C12H14N4OS. The molecule has 0 aliphatic rings. The fourth-order valence-corrected chi connectivity index (χ4v) is 2.13. The van der Waals surface area contributed by atoms with Crippen molar-refractivity contribution in [3.05, 3.63) is 35.3 Å². The summed E-state index contributed by atoms with van der Waals surface area (Å²) in [5.74, 6) is -0.188. The van der Waals surface area contributed by atoms with Crippen LogP contribution in [0.3, 0.4) is 0 Å². The standard InChI is InChI=1S/C12H14N4OS/c1-8(13)11(17)14-7-10-15-16-12(18-10)9-5-3-2-4-6-9/h2-6,8H,7,13H2,1H3,(H,14,17)/t8-/m1/s1. The van der Waals surface area contributed by atoms with Gasteiger partial charge in [-0.25, -0.2) is 0 Å². The van der Waals surface area contributed by atoms with Crippen molar-refractivity contribution < 1.29 is 4.79 Å². The first-order valence-electron chi connectivity index (χ1n) is 5.58. The maximum Gasteiger partial charge on any atom is 0.236 e. The predicted molar refractivity (Wildman–Crippen MR) is 70.8 cm³/mol. The average molecular weight is 262 g/mol. The van der Waals surface area contributed by atoms with E-state index < -0.39 is 6.04 Å². The van der Waals surface area contributed by atoms with Gasteiger partial charge >= 0.3 is 0 Å². The minimum atomic E-state index is -0.508. The van der Waals surface area contributed by atoms with Crippen molar-refractivity contribution in [3.8, 4) is 10.6 Å². The lowest BCUT2D eigenvalue weighted by atomic mass is 10.2. The highest BCUT2D eigenvalue weighted by atomic mass is 32.1. The summed E-state index contributed by atoms with van der Waals surface area (Å²) in [6, 6.07) is 9.30. The lowest BCUT2D eigenvalue weighted by Gasteiger charge is -2.04. The van der Waals surface area contributed by atoms with Crippen LogP contribution < -0.4 is 11.1 Å². The molecule has 3 N–H and O–H groups in total. The maximum atomic E-state index is 11.3. The van der Waals surface area contributed by atoms with Crippen molar-refractivity contribution in [3.63, 3.8) is 0 Å². The van der Waals surface area contributed by atoms with Crippen LogP contribution in [-0.2, 0) is 11.3 Å². The molecule has 1 heterocycles. The van der Waals surface area contributed by atoms with Gasteiger partial charge in [0.2, 0.25) is 5.91 Å². The number of aromatic nitrogens is 2. The van der Waals surface area contributed by atoms with Gasteiger partial charge in [0, 0.05) is 5.56 Å². The molecule has 18 heavy (non-hydrogen) atoms. The van der Waals surface area contributed by atoms with Crippen LogP contribution in [0.25, 0.3) is 10.6 Å². The Morgan fingerprint density at radius 3 is 2.78 bits per heavy atom. The number of carbonyl (C=O) groups excluding carboxylic acids is 1. The Bertz CT molecular complexity index is 524. The summed E-state index contributed by atoms with van der Waals surface area (Å²) in [6.45, 7) is 2.01. The Kier molecular flexibility index (Phi) is 4.01. The van der Waals surface area contributed by atoms with Crippen LogP contribution in [0.4, 0.5) is 0 Å². The molecule has 6 heteroatoms. The normalized spacial score (nSPS) is 12.1. The van der Waals surface area contributed by atoms with E-state index in [1.54, 1.807) is 6.92 Å². The minimum Gasteiger partial charge on any atom is -0.348 e. The predicted octanol–water partition coefficient (Wildman–Crippen LogP) is 1.17. The second-order valence-corrected chi connectivity index (χ2v) is 4.94. The highest BCUT2D eigenvalue weighted by molar-refractivity contribution is 7.14. The van der Waals surface area contributed by atoms with E-state index in [1.807, 2.05) is 30.3 Å². The van der Waals surface area contributed by atoms with Gasteiger partial charge in [0.05, 0.1) is 12.6 Å². The first-order valence-corrected chi connectivity index (χ1v) is 6.39. The van der Waals surface area contributed by atoms with E-state index >= 15 is 0 Å². The summed E-state index contributed by atoms with van der Waals surface area (Å²) in [5.41, 5.74) is 6.48. The number of nitrogens with zero attached hydrogens (tertiary/aromatic N) is 2. The summed E-state index contributed by atoms with van der Waals surface area (Å²) in [7, 11) is 0. The van der Waals surface area contributed by atoms with Crippen LogP contribution in [0.5, 0.6) is 0 Å². The Balaban J connectivity index is 2.01. The zero-order valence-corrected chi connectivity index (χ0v) is 10.8. The first kappa shape index (κ1) is 12.7. The number of nitrogens with two attached hydrogens (primary N) is 1. The second-order valence-electron chi connectivity index (χ2n) is 3.87. The lowest BCUT2D eigenvalue weighted by Crippen LogP contribution is -2.37. The van der Waals surface area contributed by atoms with E-state index in [9.17, 15) is 4.79 Å². The van der Waals surface area contributed by atoms with Gasteiger partial charge in [-0.1, -0.05) is 41.7 Å². The summed E-state index contributed by atoms with van der Waals surface area (Å²) >= 11 is 1.46.